The van der Waals surface area contributed by atoms with E-state index in [2.05, 4.69) is 25.1 Å². The molecule has 92 valence electrons. The van der Waals surface area contributed by atoms with Crippen LogP contribution in [0, 0.1) is 12.1 Å². The molecule has 1 rings (SSSR count). The zero-order valence-electron chi connectivity index (χ0n) is 10.8. The van der Waals surface area contributed by atoms with Crippen LogP contribution in [0.3, 0.4) is 0 Å². The smallest absolute Gasteiger partial charge is 0.194 e. The molecule has 0 saturated carbocycles. The first-order chi connectivity index (χ1) is 7.55. The molecule has 0 N–H and O–H groups in total. The van der Waals surface area contributed by atoms with E-state index in [1.165, 1.54) is 12.8 Å². The first-order valence-corrected chi connectivity index (χ1v) is 6.94. The summed E-state index contributed by atoms with van der Waals surface area (Å²) in [6.07, 6.45) is 5.71. The monoisotopic (exact) mass is 243 g/mol. The molecule has 16 heavy (non-hydrogen) atoms. The average molecular weight is 243 g/mol. The summed E-state index contributed by atoms with van der Waals surface area (Å²) in [4.78, 5) is 0. The first kappa shape index (κ1) is 13.6. The zero-order chi connectivity index (χ0) is 12.2. The number of hydrogen-bond donors (Lipinski definition) is 0. The summed E-state index contributed by atoms with van der Waals surface area (Å²) in [7, 11) is 0. The van der Waals surface area contributed by atoms with Gasteiger partial charge in [-0.05, 0) is 31.3 Å². The van der Waals surface area contributed by atoms with Crippen molar-refractivity contribution >= 4 is 11.5 Å². The average Bonchev–Trinajstić information content (AvgIpc) is 2.58. The van der Waals surface area contributed by atoms with Gasteiger partial charge < -0.3 is 0 Å². The van der Waals surface area contributed by atoms with Gasteiger partial charge in [0.05, 0.1) is 5.69 Å². The number of halogens is 1. The highest BCUT2D eigenvalue weighted by Gasteiger charge is 2.30. The van der Waals surface area contributed by atoms with Crippen molar-refractivity contribution in [3.63, 3.8) is 0 Å². The molecule has 0 bridgehead atoms. The van der Waals surface area contributed by atoms with E-state index in [1.807, 2.05) is 6.92 Å². The maximum Gasteiger partial charge on any atom is 0.198 e. The molecule has 0 aliphatic rings. The van der Waals surface area contributed by atoms with Gasteiger partial charge in [-0.2, -0.15) is 8.76 Å². The third-order valence-electron chi connectivity index (χ3n) is 3.32. The van der Waals surface area contributed by atoms with E-state index in [9.17, 15) is 4.39 Å². The van der Waals surface area contributed by atoms with Crippen LogP contribution in [0.4, 0.5) is 4.39 Å². The third kappa shape index (κ3) is 2.82. The van der Waals surface area contributed by atoms with Crippen molar-refractivity contribution in [2.24, 2.45) is 0 Å². The van der Waals surface area contributed by atoms with Crippen LogP contribution in [-0.2, 0) is 5.41 Å². The van der Waals surface area contributed by atoms with Crippen LogP contribution in [0.5, 0.6) is 0 Å². The molecule has 0 saturated heterocycles. The first-order valence-electron chi connectivity index (χ1n) is 6.17. The van der Waals surface area contributed by atoms with E-state index < -0.39 is 0 Å². The Hall–Kier alpha value is -0.440. The van der Waals surface area contributed by atoms with Crippen molar-refractivity contribution < 1.29 is 4.39 Å². The molecule has 1 atom stereocenters. The largest absolute Gasteiger partial charge is 0.198 e. The standard InChI is InChI=1S/C13H22FNS/c1-5-7-9-13(4,8-6-2)11-10(3)12(14)16-15-11/h5-9H2,1-4H3. The van der Waals surface area contributed by atoms with Crippen molar-refractivity contribution in [2.45, 2.75) is 65.2 Å². The van der Waals surface area contributed by atoms with Gasteiger partial charge in [0.2, 0.25) is 0 Å². The van der Waals surface area contributed by atoms with E-state index in [0.29, 0.717) is 0 Å². The summed E-state index contributed by atoms with van der Waals surface area (Å²) < 4.78 is 17.7. The third-order valence-corrected chi connectivity index (χ3v) is 4.06. The molecular formula is C13H22FNS. The fourth-order valence-electron chi connectivity index (χ4n) is 2.36. The lowest BCUT2D eigenvalue weighted by atomic mass is 9.76. The Morgan fingerprint density at radius 2 is 1.94 bits per heavy atom. The predicted molar refractivity (Wildman–Crippen MR) is 68.6 cm³/mol. The highest BCUT2D eigenvalue weighted by atomic mass is 32.1. The Morgan fingerprint density at radius 1 is 1.25 bits per heavy atom. The Bertz CT molecular complexity index is 335. The van der Waals surface area contributed by atoms with Crippen molar-refractivity contribution in [3.8, 4) is 0 Å². The van der Waals surface area contributed by atoms with Gasteiger partial charge in [0.25, 0.3) is 0 Å². The molecule has 1 unspecified atom stereocenters. The molecule has 1 nitrogen and oxygen atoms in total. The maximum atomic E-state index is 13.4. The number of unbranched alkanes of at least 4 members (excludes halogenated alkanes) is 1. The number of hydrogen-bond acceptors (Lipinski definition) is 2. The molecule has 0 radical (unpaired) electrons. The molecule has 0 spiro atoms. The van der Waals surface area contributed by atoms with Gasteiger partial charge in [0.15, 0.2) is 5.13 Å². The van der Waals surface area contributed by atoms with Gasteiger partial charge >= 0.3 is 0 Å². The lowest BCUT2D eigenvalue weighted by molar-refractivity contribution is 0.373. The molecule has 0 fully saturated rings. The van der Waals surface area contributed by atoms with E-state index in [1.54, 1.807) is 0 Å². The summed E-state index contributed by atoms with van der Waals surface area (Å²) in [6, 6.07) is 0. The summed E-state index contributed by atoms with van der Waals surface area (Å²) >= 11 is 1.00. The minimum Gasteiger partial charge on any atom is -0.194 e. The lowest BCUT2D eigenvalue weighted by Crippen LogP contribution is -2.23. The predicted octanol–water partition coefficient (Wildman–Crippen LogP) is 4.84. The van der Waals surface area contributed by atoms with Crippen LogP contribution >= 0.6 is 11.5 Å². The van der Waals surface area contributed by atoms with Gasteiger partial charge in [0, 0.05) is 11.0 Å². The van der Waals surface area contributed by atoms with Crippen LogP contribution < -0.4 is 0 Å². The Balaban J connectivity index is 2.96. The number of rotatable bonds is 6. The second-order valence-electron chi connectivity index (χ2n) is 4.84. The van der Waals surface area contributed by atoms with Crippen LogP contribution in [-0.4, -0.2) is 4.37 Å². The van der Waals surface area contributed by atoms with E-state index in [0.717, 1.165) is 42.1 Å². The summed E-state index contributed by atoms with van der Waals surface area (Å²) in [5.74, 6) is 0. The fraction of sp³-hybridized carbons (Fsp3) is 0.769. The lowest BCUT2D eigenvalue weighted by Gasteiger charge is -2.28. The van der Waals surface area contributed by atoms with Crippen molar-refractivity contribution in [2.75, 3.05) is 0 Å². The molecule has 0 aliphatic heterocycles. The highest BCUT2D eigenvalue weighted by molar-refractivity contribution is 7.04. The van der Waals surface area contributed by atoms with Crippen LogP contribution in [0.15, 0.2) is 0 Å². The van der Waals surface area contributed by atoms with E-state index in [4.69, 9.17) is 0 Å². The van der Waals surface area contributed by atoms with Gasteiger partial charge in [-0.15, -0.1) is 0 Å². The molecule has 0 aliphatic carbocycles. The summed E-state index contributed by atoms with van der Waals surface area (Å²) in [6.45, 7) is 8.46. The number of aromatic nitrogens is 1. The van der Waals surface area contributed by atoms with Crippen LogP contribution in [0.25, 0.3) is 0 Å². The fourth-order valence-corrected chi connectivity index (χ4v) is 3.12. The molecule has 1 aromatic heterocycles. The topological polar surface area (TPSA) is 12.9 Å². The molecule has 0 amide bonds. The van der Waals surface area contributed by atoms with Crippen molar-refractivity contribution in [1.82, 2.24) is 4.37 Å². The van der Waals surface area contributed by atoms with Gasteiger partial charge in [-0.3, -0.25) is 0 Å². The molecule has 0 aromatic carbocycles. The molecule has 1 aromatic rings. The Kier molecular flexibility index (Phi) is 4.90. The summed E-state index contributed by atoms with van der Waals surface area (Å²) in [5, 5.41) is -0.117. The quantitative estimate of drug-likeness (QED) is 0.696. The van der Waals surface area contributed by atoms with Crippen molar-refractivity contribution in [3.05, 3.63) is 16.4 Å². The maximum absolute atomic E-state index is 13.4. The minimum atomic E-state index is -0.117. The van der Waals surface area contributed by atoms with Crippen LogP contribution in [0.2, 0.25) is 0 Å². The van der Waals surface area contributed by atoms with Crippen molar-refractivity contribution in [1.29, 1.82) is 0 Å². The molecule has 1 heterocycles. The molecule has 3 heteroatoms. The Morgan fingerprint density at radius 3 is 2.38 bits per heavy atom. The minimum absolute atomic E-state index is 0.0652. The van der Waals surface area contributed by atoms with Crippen LogP contribution in [0.1, 0.15) is 64.1 Å². The second kappa shape index (κ2) is 5.76. The van der Waals surface area contributed by atoms with Gasteiger partial charge in [-0.1, -0.05) is 40.0 Å². The normalized spacial score (nSPS) is 15.1. The highest BCUT2D eigenvalue weighted by Crippen LogP contribution is 2.37. The SMILES string of the molecule is CCCCC(C)(CCC)c1nsc(F)c1C. The molecular weight excluding hydrogens is 221 g/mol. The van der Waals surface area contributed by atoms with Gasteiger partial charge in [0.1, 0.15) is 0 Å². The second-order valence-corrected chi connectivity index (χ2v) is 5.57. The Labute approximate surface area is 102 Å². The van der Waals surface area contributed by atoms with E-state index in [-0.39, 0.29) is 10.5 Å². The summed E-state index contributed by atoms with van der Waals surface area (Å²) in [5.41, 5.74) is 1.82. The van der Waals surface area contributed by atoms with Gasteiger partial charge in [-0.25, -0.2) is 0 Å². The van der Waals surface area contributed by atoms with E-state index >= 15 is 0 Å². The number of nitrogens with zero attached hydrogens (tertiary/aromatic N) is 1. The zero-order valence-corrected chi connectivity index (χ0v) is 11.6.